The number of esters is 2. The zero-order valence-electron chi connectivity index (χ0n) is 27.7. The minimum Gasteiger partial charge on any atom is -0.457 e. The summed E-state index contributed by atoms with van der Waals surface area (Å²) >= 11 is 0. The Morgan fingerprint density at radius 1 is 1.16 bits per heavy atom. The highest BCUT2D eigenvalue weighted by atomic mass is 19.1. The van der Waals surface area contributed by atoms with Gasteiger partial charge >= 0.3 is 18.0 Å². The Morgan fingerprint density at radius 2 is 1.92 bits per heavy atom. The number of ether oxygens (including phenoxy) is 3. The molecule has 0 bridgehead atoms. The molecule has 2 unspecified atom stereocenters. The number of carbonyl (C=O) groups excluding carboxylic acids is 3. The number of carbonyl (C=O) groups is 3. The van der Waals surface area contributed by atoms with Crippen LogP contribution in [0.4, 0.5) is 9.18 Å². The molecule has 1 amide bonds. The van der Waals surface area contributed by atoms with Gasteiger partial charge in [0, 0.05) is 22.6 Å². The number of fused-ring (bicyclic) bond motifs is 5. The van der Waals surface area contributed by atoms with Gasteiger partial charge in [0.25, 0.3) is 5.56 Å². The van der Waals surface area contributed by atoms with Crippen LogP contribution in [0.15, 0.2) is 47.3 Å². The zero-order chi connectivity index (χ0) is 34.8. The van der Waals surface area contributed by atoms with Crippen molar-refractivity contribution in [1.29, 1.82) is 0 Å². The fourth-order valence-corrected chi connectivity index (χ4v) is 7.28. The molecule has 0 saturated heterocycles. The zero-order valence-corrected chi connectivity index (χ0v) is 27.7. The summed E-state index contributed by atoms with van der Waals surface area (Å²) in [5, 5.41) is 3.75. The molecule has 49 heavy (non-hydrogen) atoms. The Morgan fingerprint density at radius 3 is 2.63 bits per heavy atom. The van der Waals surface area contributed by atoms with Gasteiger partial charge in [-0.15, -0.1) is 0 Å². The molecule has 254 valence electrons. The average Bonchev–Trinajstić information content (AvgIpc) is 3.46. The van der Waals surface area contributed by atoms with Crippen LogP contribution in [-0.4, -0.2) is 33.6 Å². The van der Waals surface area contributed by atoms with Gasteiger partial charge in [-0.2, -0.15) is 0 Å². The van der Waals surface area contributed by atoms with Gasteiger partial charge < -0.3 is 29.8 Å². The molecule has 11 nitrogen and oxygen atoms in total. The number of amides is 1. The number of hydrogen-bond donors (Lipinski definition) is 2. The van der Waals surface area contributed by atoms with E-state index in [0.29, 0.717) is 40.9 Å². The van der Waals surface area contributed by atoms with Gasteiger partial charge in [-0.05, 0) is 60.4 Å². The van der Waals surface area contributed by atoms with Gasteiger partial charge in [0.15, 0.2) is 0 Å². The normalized spacial score (nSPS) is 19.5. The molecule has 0 spiro atoms. The average molecular weight is 669 g/mol. The molecule has 4 heterocycles. The molecular weight excluding hydrogens is 631 g/mol. The third-order valence-electron chi connectivity index (χ3n) is 10.1. The van der Waals surface area contributed by atoms with Crippen molar-refractivity contribution in [3.05, 3.63) is 97.6 Å². The summed E-state index contributed by atoms with van der Waals surface area (Å²) in [6.07, 6.45) is 0.355. The van der Waals surface area contributed by atoms with Crippen LogP contribution in [0.25, 0.3) is 22.3 Å². The van der Waals surface area contributed by atoms with E-state index in [-0.39, 0.29) is 43.2 Å². The number of nitrogens with zero attached hydrogens (tertiary/aromatic N) is 2. The number of benzene rings is 2. The molecule has 12 heteroatoms. The second-order valence-electron chi connectivity index (χ2n) is 13.3. The van der Waals surface area contributed by atoms with Crippen LogP contribution in [0, 0.1) is 18.7 Å². The van der Waals surface area contributed by atoms with Crippen molar-refractivity contribution >= 4 is 28.9 Å². The van der Waals surface area contributed by atoms with Crippen molar-refractivity contribution in [2.45, 2.75) is 84.4 Å². The third-order valence-corrected chi connectivity index (χ3v) is 10.1. The van der Waals surface area contributed by atoms with Crippen molar-refractivity contribution in [3.63, 3.8) is 0 Å². The van der Waals surface area contributed by atoms with Gasteiger partial charge in [0.1, 0.15) is 25.1 Å². The molecule has 7 rings (SSSR count). The van der Waals surface area contributed by atoms with E-state index in [2.05, 4.69) is 5.32 Å². The molecular formula is C37H37FN4O7. The van der Waals surface area contributed by atoms with Gasteiger partial charge in [-0.3, -0.25) is 9.59 Å². The lowest BCUT2D eigenvalue weighted by molar-refractivity contribution is -0.190. The lowest BCUT2D eigenvalue weighted by Gasteiger charge is -2.36. The Labute approximate surface area is 281 Å². The molecule has 0 fully saturated rings. The number of nitrogens with one attached hydrogen (secondary N) is 1. The molecule has 4 aromatic rings. The number of aryl methyl sites for hydroxylation is 1. The quantitative estimate of drug-likeness (QED) is 0.181. The first kappa shape index (κ1) is 32.4. The molecule has 1 aliphatic carbocycles. The summed E-state index contributed by atoms with van der Waals surface area (Å²) in [5.41, 5.74) is 8.92. The second-order valence-corrected chi connectivity index (χ2v) is 13.3. The van der Waals surface area contributed by atoms with E-state index in [9.17, 15) is 19.2 Å². The van der Waals surface area contributed by atoms with Crippen molar-refractivity contribution in [1.82, 2.24) is 14.9 Å². The lowest BCUT2D eigenvalue weighted by Crippen LogP contribution is -2.50. The summed E-state index contributed by atoms with van der Waals surface area (Å²) in [5.74, 6) is -2.26. The monoisotopic (exact) mass is 668 g/mol. The van der Waals surface area contributed by atoms with E-state index in [0.717, 1.165) is 22.1 Å². The van der Waals surface area contributed by atoms with Crippen LogP contribution in [0.5, 0.6) is 0 Å². The van der Waals surface area contributed by atoms with E-state index >= 15 is 4.39 Å². The highest BCUT2D eigenvalue weighted by Gasteiger charge is 2.51. The Bertz CT molecular complexity index is 2110. The first-order valence-electron chi connectivity index (χ1n) is 16.5. The van der Waals surface area contributed by atoms with Gasteiger partial charge in [0.2, 0.25) is 5.60 Å². The van der Waals surface area contributed by atoms with Crippen LogP contribution in [0.3, 0.4) is 0 Å². The fraction of sp³-hybridized carbons (Fsp3) is 0.378. The molecule has 0 saturated carbocycles. The molecule has 3 aliphatic rings. The van der Waals surface area contributed by atoms with E-state index in [1.165, 1.54) is 10.6 Å². The topological polar surface area (TPSA) is 152 Å². The number of alkyl carbamates (subject to hydrolysis) is 1. The minimum atomic E-state index is -1.90. The van der Waals surface area contributed by atoms with E-state index in [1.807, 2.05) is 30.3 Å². The van der Waals surface area contributed by atoms with Crippen LogP contribution in [-0.2, 0) is 55.6 Å². The lowest BCUT2D eigenvalue weighted by atomic mass is 9.81. The number of aromatic nitrogens is 2. The Balaban J connectivity index is 1.36. The SMILES string of the molecule is CCC1(OC(=O)[C@@H](N)C(C)C)C(=O)OCc2c1cc1n(c2=O)Cc2c-1nc1cc(F)c(C)c3c1c2C(NC(=O)OCc1ccccc1)CC3. The molecule has 2 aromatic carbocycles. The van der Waals surface area contributed by atoms with E-state index in [1.54, 1.807) is 33.8 Å². The van der Waals surface area contributed by atoms with Gasteiger partial charge in [-0.25, -0.2) is 19.0 Å². The highest BCUT2D eigenvalue weighted by Crippen LogP contribution is 2.46. The largest absolute Gasteiger partial charge is 0.457 e. The Kier molecular flexibility index (Phi) is 8.01. The molecule has 0 radical (unpaired) electrons. The number of hydrogen-bond acceptors (Lipinski definition) is 9. The maximum atomic E-state index is 15.3. The summed E-state index contributed by atoms with van der Waals surface area (Å²) in [6, 6.07) is 10.8. The number of pyridine rings is 2. The van der Waals surface area contributed by atoms with Crippen LogP contribution >= 0.6 is 0 Å². The number of cyclic esters (lactones) is 1. The smallest absolute Gasteiger partial charge is 0.407 e. The summed E-state index contributed by atoms with van der Waals surface area (Å²) < 4.78 is 33.7. The van der Waals surface area contributed by atoms with Gasteiger partial charge in [-0.1, -0.05) is 51.1 Å². The highest BCUT2D eigenvalue weighted by molar-refractivity contribution is 5.94. The number of nitrogens with two attached hydrogens (primary N) is 1. The van der Waals surface area contributed by atoms with Crippen molar-refractivity contribution in [2.24, 2.45) is 11.7 Å². The summed E-state index contributed by atoms with van der Waals surface area (Å²) in [7, 11) is 0. The van der Waals surface area contributed by atoms with Crippen molar-refractivity contribution < 1.29 is 33.0 Å². The van der Waals surface area contributed by atoms with Crippen molar-refractivity contribution in [3.8, 4) is 11.4 Å². The summed E-state index contributed by atoms with van der Waals surface area (Å²) in [4.78, 5) is 58.8. The molecule has 3 N–H and O–H groups in total. The summed E-state index contributed by atoms with van der Waals surface area (Å²) in [6.45, 7) is 6.82. The predicted molar refractivity (Wildman–Crippen MR) is 177 cm³/mol. The predicted octanol–water partition coefficient (Wildman–Crippen LogP) is 4.98. The first-order chi connectivity index (χ1) is 23.4. The number of rotatable bonds is 7. The van der Waals surface area contributed by atoms with E-state index in [4.69, 9.17) is 24.9 Å². The van der Waals surface area contributed by atoms with Crippen molar-refractivity contribution in [2.75, 3.05) is 0 Å². The maximum absolute atomic E-state index is 15.3. The minimum absolute atomic E-state index is 0.00747. The molecule has 2 aromatic heterocycles. The number of halogens is 1. The second kappa shape index (κ2) is 12.1. The van der Waals surface area contributed by atoms with E-state index < -0.39 is 47.1 Å². The standard InChI is InChI=1S/C37H37FN4O7/c1-5-37(49-34(44)31(39)18(2)3)24-13-28-32-22(15-42(28)33(43)23(24)17-47-35(37)45)30-26(41-36(46)48-16-20-9-7-6-8-10-20)12-11-21-19(4)25(38)14-27(40-32)29(21)30/h6-10,13-14,18,26,31H,5,11-12,15-17,39H2,1-4H3,(H,41,46)/t26?,31-,37?/m0/s1. The third kappa shape index (κ3) is 5.16. The molecule has 2 aliphatic heterocycles. The Hall–Kier alpha value is -5.10. The molecule has 3 atom stereocenters. The van der Waals surface area contributed by atoms with Crippen LogP contribution in [0.2, 0.25) is 0 Å². The van der Waals surface area contributed by atoms with Crippen LogP contribution in [0.1, 0.15) is 78.6 Å². The van der Waals surface area contributed by atoms with Gasteiger partial charge in [0.05, 0.1) is 35.1 Å². The fourth-order valence-electron chi connectivity index (χ4n) is 7.28. The van der Waals surface area contributed by atoms with Crippen LogP contribution < -0.4 is 16.6 Å². The first-order valence-corrected chi connectivity index (χ1v) is 16.5. The maximum Gasteiger partial charge on any atom is 0.407 e.